The average Bonchev–Trinajstić information content (AvgIpc) is 3.25. The number of carboxylic acid groups (broad SMARTS) is 1. The van der Waals surface area contributed by atoms with Crippen LogP contribution in [0.4, 0.5) is 0 Å². The molecule has 2 aromatic rings. The number of rotatable bonds is 4. The highest BCUT2D eigenvalue weighted by atomic mass is 79.9. The van der Waals surface area contributed by atoms with E-state index in [-0.39, 0.29) is 4.90 Å². The minimum Gasteiger partial charge on any atom is -0.481 e. The van der Waals surface area contributed by atoms with E-state index < -0.39 is 32.9 Å². The third kappa shape index (κ3) is 2.57. The van der Waals surface area contributed by atoms with Gasteiger partial charge in [-0.25, -0.2) is 8.42 Å². The van der Waals surface area contributed by atoms with Gasteiger partial charge in [-0.05, 0) is 29.8 Å². The van der Waals surface area contributed by atoms with Gasteiger partial charge in [-0.2, -0.15) is 0 Å². The molecule has 0 aromatic heterocycles. The zero-order chi connectivity index (χ0) is 15.9. The Bertz CT molecular complexity index is 800. The highest BCUT2D eigenvalue weighted by Crippen LogP contribution is 2.54. The van der Waals surface area contributed by atoms with Crippen LogP contribution in [0.2, 0.25) is 0 Å². The predicted octanol–water partition coefficient (Wildman–Crippen LogP) is 3.09. The first kappa shape index (κ1) is 15.2. The lowest BCUT2D eigenvalue weighted by Gasteiger charge is -2.04. The van der Waals surface area contributed by atoms with Crippen molar-refractivity contribution in [2.75, 3.05) is 0 Å². The first-order chi connectivity index (χ1) is 10.4. The molecule has 3 rings (SSSR count). The van der Waals surface area contributed by atoms with E-state index in [1.807, 2.05) is 0 Å². The molecule has 114 valence electrons. The first-order valence-electron chi connectivity index (χ1n) is 6.70. The second-order valence-electron chi connectivity index (χ2n) is 5.26. The van der Waals surface area contributed by atoms with Crippen molar-refractivity contribution >= 4 is 31.7 Å². The molecule has 0 unspecified atom stereocenters. The van der Waals surface area contributed by atoms with Gasteiger partial charge in [-0.1, -0.05) is 46.3 Å². The maximum atomic E-state index is 12.7. The molecule has 22 heavy (non-hydrogen) atoms. The van der Waals surface area contributed by atoms with Crippen molar-refractivity contribution in [3.8, 4) is 0 Å². The van der Waals surface area contributed by atoms with Gasteiger partial charge in [-0.3, -0.25) is 4.79 Å². The van der Waals surface area contributed by atoms with Crippen molar-refractivity contribution in [1.29, 1.82) is 0 Å². The average molecular weight is 381 g/mol. The Morgan fingerprint density at radius 1 is 1.00 bits per heavy atom. The highest BCUT2D eigenvalue weighted by Gasteiger charge is 2.63. The molecule has 1 aliphatic rings. The van der Waals surface area contributed by atoms with Crippen LogP contribution < -0.4 is 0 Å². The van der Waals surface area contributed by atoms with E-state index in [1.54, 1.807) is 42.5 Å². The fraction of sp³-hybridized carbons (Fsp3) is 0.188. The molecule has 1 fully saturated rings. The zero-order valence-corrected chi connectivity index (χ0v) is 13.8. The lowest BCUT2D eigenvalue weighted by Crippen LogP contribution is -2.13. The van der Waals surface area contributed by atoms with Crippen LogP contribution in [-0.4, -0.2) is 24.7 Å². The summed E-state index contributed by atoms with van der Waals surface area (Å²) in [5.41, 5.74) is 0.736. The number of aliphatic carboxylic acids is 1. The molecule has 1 N–H and O–H groups in total. The predicted molar refractivity (Wildman–Crippen MR) is 85.4 cm³/mol. The van der Waals surface area contributed by atoms with Crippen molar-refractivity contribution in [1.82, 2.24) is 0 Å². The van der Waals surface area contributed by atoms with Crippen molar-refractivity contribution in [2.24, 2.45) is 5.92 Å². The van der Waals surface area contributed by atoms with Gasteiger partial charge in [0.25, 0.3) is 0 Å². The van der Waals surface area contributed by atoms with Crippen LogP contribution in [0.5, 0.6) is 0 Å². The molecule has 0 saturated heterocycles. The number of hydrogen-bond donors (Lipinski definition) is 1. The Labute approximate surface area is 136 Å². The Morgan fingerprint density at radius 2 is 1.59 bits per heavy atom. The minimum atomic E-state index is -3.66. The smallest absolute Gasteiger partial charge is 0.308 e. The van der Waals surface area contributed by atoms with Crippen LogP contribution in [0.25, 0.3) is 0 Å². The number of carboxylic acids is 1. The zero-order valence-electron chi connectivity index (χ0n) is 11.4. The van der Waals surface area contributed by atoms with Crippen LogP contribution in [0.15, 0.2) is 64.0 Å². The summed E-state index contributed by atoms with van der Waals surface area (Å²) >= 11 is 3.32. The van der Waals surface area contributed by atoms with Crippen LogP contribution >= 0.6 is 15.9 Å². The maximum Gasteiger partial charge on any atom is 0.308 e. The molecule has 0 bridgehead atoms. The van der Waals surface area contributed by atoms with E-state index in [1.165, 1.54) is 12.1 Å². The van der Waals surface area contributed by atoms with Gasteiger partial charge in [0.05, 0.1) is 16.1 Å². The number of carbonyl (C=O) groups is 1. The van der Waals surface area contributed by atoms with Crippen molar-refractivity contribution in [3.05, 3.63) is 64.6 Å². The molecule has 4 nitrogen and oxygen atoms in total. The van der Waals surface area contributed by atoms with Crippen molar-refractivity contribution in [3.63, 3.8) is 0 Å². The molecule has 1 aliphatic carbocycles. The fourth-order valence-electron chi connectivity index (χ4n) is 2.81. The fourth-order valence-corrected chi connectivity index (χ4v) is 5.22. The summed E-state index contributed by atoms with van der Waals surface area (Å²) in [5.74, 6) is -2.47. The van der Waals surface area contributed by atoms with E-state index in [0.717, 1.165) is 10.0 Å². The molecule has 0 spiro atoms. The van der Waals surface area contributed by atoms with E-state index in [2.05, 4.69) is 15.9 Å². The van der Waals surface area contributed by atoms with Gasteiger partial charge in [0.2, 0.25) is 0 Å². The summed E-state index contributed by atoms with van der Waals surface area (Å²) in [5, 5.41) is 8.44. The lowest BCUT2D eigenvalue weighted by atomic mass is 10.1. The number of sulfone groups is 1. The topological polar surface area (TPSA) is 71.4 Å². The van der Waals surface area contributed by atoms with E-state index in [0.29, 0.717) is 0 Å². The molecule has 0 aliphatic heterocycles. The third-order valence-electron chi connectivity index (χ3n) is 3.92. The Kier molecular flexibility index (Phi) is 3.82. The molecular weight excluding hydrogens is 368 g/mol. The normalized spacial score (nSPS) is 24.0. The summed E-state index contributed by atoms with van der Waals surface area (Å²) in [7, 11) is -3.66. The van der Waals surface area contributed by atoms with Gasteiger partial charge in [0.1, 0.15) is 0 Å². The Hall–Kier alpha value is -1.66. The summed E-state index contributed by atoms with van der Waals surface area (Å²) < 4.78 is 26.2. The summed E-state index contributed by atoms with van der Waals surface area (Å²) in [6, 6.07) is 15.1. The van der Waals surface area contributed by atoms with Gasteiger partial charge in [0, 0.05) is 10.4 Å². The lowest BCUT2D eigenvalue weighted by molar-refractivity contribution is -0.138. The molecule has 6 heteroatoms. The van der Waals surface area contributed by atoms with E-state index in [4.69, 9.17) is 0 Å². The van der Waals surface area contributed by atoms with Crippen LogP contribution in [0, 0.1) is 5.92 Å². The molecule has 0 amide bonds. The Morgan fingerprint density at radius 3 is 2.14 bits per heavy atom. The summed E-state index contributed by atoms with van der Waals surface area (Å²) in [6.07, 6.45) is 0. The second kappa shape index (κ2) is 5.52. The van der Waals surface area contributed by atoms with Crippen molar-refractivity contribution < 1.29 is 18.3 Å². The largest absolute Gasteiger partial charge is 0.481 e. The van der Waals surface area contributed by atoms with Gasteiger partial charge in [0.15, 0.2) is 9.84 Å². The van der Waals surface area contributed by atoms with Crippen molar-refractivity contribution in [2.45, 2.75) is 16.1 Å². The maximum absolute atomic E-state index is 12.7. The van der Waals surface area contributed by atoms with Crippen LogP contribution in [-0.2, 0) is 14.6 Å². The molecule has 3 atom stereocenters. The quantitative estimate of drug-likeness (QED) is 0.884. The Balaban J connectivity index is 1.99. The van der Waals surface area contributed by atoms with Gasteiger partial charge < -0.3 is 5.11 Å². The van der Waals surface area contributed by atoms with Crippen LogP contribution in [0.3, 0.4) is 0 Å². The van der Waals surface area contributed by atoms with E-state index in [9.17, 15) is 18.3 Å². The number of halogens is 1. The van der Waals surface area contributed by atoms with Crippen LogP contribution in [0.1, 0.15) is 11.5 Å². The van der Waals surface area contributed by atoms with E-state index >= 15 is 0 Å². The summed E-state index contributed by atoms with van der Waals surface area (Å²) in [6.45, 7) is 0. The minimum absolute atomic E-state index is 0.172. The monoisotopic (exact) mass is 380 g/mol. The first-order valence-corrected chi connectivity index (χ1v) is 9.04. The molecular formula is C16H13BrO4S. The number of hydrogen-bond acceptors (Lipinski definition) is 3. The standard InChI is InChI=1S/C16H13BrO4S/c17-11-8-6-10(7-9-11)13-14(16(18)19)15(13)22(20,21)12-4-2-1-3-5-12/h1-9,13-15H,(H,18,19)/t13-,14+,15+/m1/s1. The highest BCUT2D eigenvalue weighted by molar-refractivity contribution is 9.10. The SMILES string of the molecule is O=C(O)[C@H]1[C@@H](c2ccc(Br)cc2)[C@@H]1S(=O)(=O)c1ccccc1. The number of benzene rings is 2. The molecule has 0 heterocycles. The summed E-state index contributed by atoms with van der Waals surface area (Å²) in [4.78, 5) is 11.6. The van der Waals surface area contributed by atoms with Gasteiger partial charge in [-0.15, -0.1) is 0 Å². The molecule has 1 saturated carbocycles. The third-order valence-corrected chi connectivity index (χ3v) is 6.68. The molecule has 0 radical (unpaired) electrons. The molecule has 2 aromatic carbocycles. The second-order valence-corrected chi connectivity index (χ2v) is 8.29. The van der Waals surface area contributed by atoms with Gasteiger partial charge >= 0.3 is 5.97 Å².